The van der Waals surface area contributed by atoms with Gasteiger partial charge in [-0.3, -0.25) is 19.3 Å². The van der Waals surface area contributed by atoms with Crippen LogP contribution < -0.4 is 21.3 Å². The quantitative estimate of drug-likeness (QED) is 0.502. The third kappa shape index (κ3) is 4.84. The minimum absolute atomic E-state index is 0.00286. The largest absolute Gasteiger partial charge is 0.375 e. The second-order valence-electron chi connectivity index (χ2n) is 6.58. The van der Waals surface area contributed by atoms with Crippen LogP contribution in [0.1, 0.15) is 13.3 Å². The molecule has 2 heterocycles. The minimum atomic E-state index is -0.481. The van der Waals surface area contributed by atoms with Crippen LogP contribution in [0.4, 0.5) is 16.2 Å². The maximum absolute atomic E-state index is 12.3. The maximum atomic E-state index is 12.3. The lowest BCUT2D eigenvalue weighted by Crippen LogP contribution is -2.53. The van der Waals surface area contributed by atoms with Crippen molar-refractivity contribution in [2.45, 2.75) is 25.5 Å². The van der Waals surface area contributed by atoms with Crippen molar-refractivity contribution in [3.8, 4) is 0 Å². The Morgan fingerprint density at radius 2 is 1.86 bits per heavy atom. The van der Waals surface area contributed by atoms with Gasteiger partial charge in [0.15, 0.2) is 0 Å². The van der Waals surface area contributed by atoms with Crippen LogP contribution in [0.25, 0.3) is 0 Å². The van der Waals surface area contributed by atoms with E-state index >= 15 is 0 Å². The van der Waals surface area contributed by atoms with Crippen LogP contribution in [-0.4, -0.2) is 67.0 Å². The number of benzene rings is 1. The number of rotatable bonds is 6. The van der Waals surface area contributed by atoms with Crippen LogP contribution in [0.3, 0.4) is 0 Å². The Morgan fingerprint density at radius 1 is 1.18 bits per heavy atom. The van der Waals surface area contributed by atoms with Gasteiger partial charge < -0.3 is 26.0 Å². The van der Waals surface area contributed by atoms with E-state index in [2.05, 4.69) is 21.3 Å². The number of imide groups is 1. The molecule has 1 aromatic carbocycles. The minimum Gasteiger partial charge on any atom is -0.375 e. The third-order valence-electron chi connectivity index (χ3n) is 4.53. The topological polar surface area (TPSA) is 129 Å². The Balaban J connectivity index is 1.47. The third-order valence-corrected chi connectivity index (χ3v) is 4.53. The summed E-state index contributed by atoms with van der Waals surface area (Å²) in [5.41, 5.74) is 1.15. The van der Waals surface area contributed by atoms with E-state index in [1.807, 2.05) is 6.92 Å². The number of morpholine rings is 1. The Bertz CT molecular complexity index is 750. The van der Waals surface area contributed by atoms with E-state index in [1.54, 1.807) is 24.3 Å². The van der Waals surface area contributed by atoms with E-state index in [9.17, 15) is 19.2 Å². The molecule has 1 aromatic rings. The van der Waals surface area contributed by atoms with Gasteiger partial charge >= 0.3 is 6.03 Å². The zero-order chi connectivity index (χ0) is 20.1. The molecule has 0 aromatic heterocycles. The molecule has 4 N–H and O–H groups in total. The average molecular weight is 389 g/mol. The monoisotopic (exact) mass is 389 g/mol. The van der Waals surface area contributed by atoms with Crippen molar-refractivity contribution >= 4 is 35.1 Å². The predicted molar refractivity (Wildman–Crippen MR) is 101 cm³/mol. The molecule has 0 radical (unpaired) electrons. The molecule has 0 aliphatic carbocycles. The van der Waals surface area contributed by atoms with Crippen molar-refractivity contribution in [2.24, 2.45) is 0 Å². The lowest BCUT2D eigenvalue weighted by molar-refractivity contribution is -0.125. The molecule has 150 valence electrons. The molecule has 28 heavy (non-hydrogen) atoms. The smallest absolute Gasteiger partial charge is 0.324 e. The van der Waals surface area contributed by atoms with Gasteiger partial charge in [-0.25, -0.2) is 4.79 Å². The summed E-state index contributed by atoms with van der Waals surface area (Å²) in [5.74, 6) is -0.843. The Kier molecular flexibility index (Phi) is 6.22. The zero-order valence-electron chi connectivity index (χ0n) is 15.5. The number of nitrogens with one attached hydrogen (secondary N) is 4. The number of hydrogen-bond acceptors (Lipinski definition) is 6. The molecule has 0 bridgehead atoms. The standard InChI is InChI=1S/C18H23N5O5/c1-11-16(19-7-9-28-11)17(26)22-13-4-2-12(3-5-13)21-14(24)6-8-23-15(25)10-20-18(23)27/h2-5,11,16,19H,6-10H2,1H3,(H,20,27)(H,21,24)(H,22,26)/t11-,16+/m1/s1. The molecule has 2 fully saturated rings. The van der Waals surface area contributed by atoms with E-state index in [1.165, 1.54) is 0 Å². The predicted octanol–water partition coefficient (Wildman–Crippen LogP) is -0.118. The first-order valence-corrected chi connectivity index (χ1v) is 9.08. The number of ether oxygens (including phenoxy) is 1. The van der Waals surface area contributed by atoms with Crippen LogP contribution in [-0.2, 0) is 19.1 Å². The summed E-state index contributed by atoms with van der Waals surface area (Å²) in [6, 6.07) is 5.78. The van der Waals surface area contributed by atoms with Gasteiger partial charge in [-0.2, -0.15) is 0 Å². The van der Waals surface area contributed by atoms with E-state index in [-0.39, 0.29) is 43.3 Å². The van der Waals surface area contributed by atoms with Gasteiger partial charge in [0.05, 0.1) is 19.3 Å². The van der Waals surface area contributed by atoms with Crippen molar-refractivity contribution in [3.63, 3.8) is 0 Å². The normalized spacial score (nSPS) is 22.0. The molecule has 10 heteroatoms. The van der Waals surface area contributed by atoms with Crippen molar-refractivity contribution in [1.82, 2.24) is 15.5 Å². The highest BCUT2D eigenvalue weighted by molar-refractivity contribution is 6.02. The number of hydrogen-bond donors (Lipinski definition) is 4. The molecule has 10 nitrogen and oxygen atoms in total. The molecular weight excluding hydrogens is 366 g/mol. The van der Waals surface area contributed by atoms with Crippen molar-refractivity contribution in [2.75, 3.05) is 36.9 Å². The highest BCUT2D eigenvalue weighted by atomic mass is 16.5. The van der Waals surface area contributed by atoms with Gasteiger partial charge in [0.2, 0.25) is 17.7 Å². The van der Waals surface area contributed by atoms with Gasteiger partial charge in [0.1, 0.15) is 6.04 Å². The molecule has 5 amide bonds. The fourth-order valence-electron chi connectivity index (χ4n) is 3.00. The number of carbonyl (C=O) groups excluding carboxylic acids is 4. The zero-order valence-corrected chi connectivity index (χ0v) is 15.5. The van der Waals surface area contributed by atoms with E-state index in [0.29, 0.717) is 24.5 Å². The van der Waals surface area contributed by atoms with Gasteiger partial charge in [0.25, 0.3) is 0 Å². The first-order valence-electron chi connectivity index (χ1n) is 9.08. The Hall–Kier alpha value is -2.98. The van der Waals surface area contributed by atoms with Crippen LogP contribution in [0.2, 0.25) is 0 Å². The van der Waals surface area contributed by atoms with Crippen molar-refractivity contribution in [1.29, 1.82) is 0 Å². The number of anilines is 2. The summed E-state index contributed by atoms with van der Waals surface area (Å²) in [6.07, 6.45) is -0.208. The van der Waals surface area contributed by atoms with Gasteiger partial charge in [-0.15, -0.1) is 0 Å². The van der Waals surface area contributed by atoms with Crippen LogP contribution in [0.5, 0.6) is 0 Å². The Labute approximate surface area is 162 Å². The van der Waals surface area contributed by atoms with Crippen LogP contribution >= 0.6 is 0 Å². The summed E-state index contributed by atoms with van der Waals surface area (Å²) < 4.78 is 5.46. The summed E-state index contributed by atoms with van der Waals surface area (Å²) in [5, 5.41) is 11.0. The molecule has 3 rings (SSSR count). The summed E-state index contributed by atoms with van der Waals surface area (Å²) in [4.78, 5) is 48.3. The summed E-state index contributed by atoms with van der Waals surface area (Å²) >= 11 is 0. The average Bonchev–Trinajstić information content (AvgIpc) is 2.99. The lowest BCUT2D eigenvalue weighted by atomic mass is 10.1. The van der Waals surface area contributed by atoms with Crippen LogP contribution in [0.15, 0.2) is 24.3 Å². The molecule has 2 aliphatic heterocycles. The fourth-order valence-corrected chi connectivity index (χ4v) is 3.00. The number of urea groups is 1. The number of amides is 5. The van der Waals surface area contributed by atoms with Crippen molar-refractivity contribution < 1.29 is 23.9 Å². The molecule has 2 atom stereocenters. The molecule has 0 unspecified atom stereocenters. The highest BCUT2D eigenvalue weighted by Gasteiger charge is 2.29. The second-order valence-corrected chi connectivity index (χ2v) is 6.58. The second kappa shape index (κ2) is 8.81. The molecular formula is C18H23N5O5. The fraction of sp³-hybridized carbons (Fsp3) is 0.444. The first kappa shape index (κ1) is 19.8. The van der Waals surface area contributed by atoms with E-state index < -0.39 is 12.1 Å². The molecule has 0 saturated carbocycles. The van der Waals surface area contributed by atoms with Crippen molar-refractivity contribution in [3.05, 3.63) is 24.3 Å². The van der Waals surface area contributed by atoms with Crippen LogP contribution in [0, 0.1) is 0 Å². The molecule has 2 aliphatic rings. The van der Waals surface area contributed by atoms with E-state index in [4.69, 9.17) is 4.74 Å². The first-order chi connectivity index (χ1) is 13.4. The lowest BCUT2D eigenvalue weighted by Gasteiger charge is -2.29. The Morgan fingerprint density at radius 3 is 2.46 bits per heavy atom. The van der Waals surface area contributed by atoms with E-state index in [0.717, 1.165) is 4.90 Å². The number of carbonyl (C=O) groups is 4. The SMILES string of the molecule is C[C@H]1OCCN[C@@H]1C(=O)Nc1ccc(NC(=O)CCN2C(=O)CNC2=O)cc1. The van der Waals surface area contributed by atoms with Gasteiger partial charge in [0, 0.05) is 30.9 Å². The molecule has 2 saturated heterocycles. The van der Waals surface area contributed by atoms with Gasteiger partial charge in [-0.05, 0) is 31.2 Å². The summed E-state index contributed by atoms with van der Waals surface area (Å²) in [7, 11) is 0. The summed E-state index contributed by atoms with van der Waals surface area (Å²) in [6.45, 7) is 3.04. The maximum Gasteiger partial charge on any atom is 0.324 e. The van der Waals surface area contributed by atoms with Gasteiger partial charge in [-0.1, -0.05) is 0 Å². The highest BCUT2D eigenvalue weighted by Crippen LogP contribution is 2.15. The molecule has 0 spiro atoms. The number of nitrogens with zero attached hydrogens (tertiary/aromatic N) is 1.